The minimum Gasteiger partial charge on any atom is -0.465 e. The molecular weight excluding hydrogens is 374 g/mol. The van der Waals surface area contributed by atoms with E-state index in [1.807, 2.05) is 0 Å². The van der Waals surface area contributed by atoms with E-state index in [1.165, 1.54) is 50.6 Å². The van der Waals surface area contributed by atoms with Gasteiger partial charge in [-0.15, -0.1) is 0 Å². The number of carbonyl (C=O) groups is 2. The minimum absolute atomic E-state index is 0.0310. The number of hydrogen-bond acceptors (Lipinski definition) is 7. The maximum absolute atomic E-state index is 12.8. The first kappa shape index (κ1) is 18.4. The molecule has 3 aromatic rings. The molecule has 1 heterocycles. The summed E-state index contributed by atoms with van der Waals surface area (Å²) in [5.74, 6) is -1.42. The van der Waals surface area contributed by atoms with Gasteiger partial charge >= 0.3 is 11.9 Å². The van der Waals surface area contributed by atoms with Crippen LogP contribution in [0.15, 0.2) is 47.4 Å². The Morgan fingerprint density at radius 1 is 1.04 bits per heavy atom. The van der Waals surface area contributed by atoms with E-state index in [2.05, 4.69) is 24.4 Å². The maximum atomic E-state index is 12.8. The number of aromatic amines is 1. The van der Waals surface area contributed by atoms with Crippen molar-refractivity contribution in [1.29, 1.82) is 0 Å². The number of carbonyl (C=O) groups excluding carboxylic acids is 2. The number of hydrogen-bond donors (Lipinski definition) is 2. The molecule has 0 aliphatic carbocycles. The topological polar surface area (TPSA) is 127 Å². The van der Waals surface area contributed by atoms with Crippen LogP contribution in [0, 0.1) is 0 Å². The van der Waals surface area contributed by atoms with Crippen LogP contribution in [0.25, 0.3) is 10.9 Å². The fourth-order valence-electron chi connectivity index (χ4n) is 2.52. The standard InChI is InChI=1S/C17H15N3O6S/c1-25-16(21)11-5-3-4-6-14(11)27(23,24)20-10-7-8-13-12(9-10)15(19-18-13)17(22)26-2/h3-9,20H,1-2H3,(H,18,19). The van der Waals surface area contributed by atoms with Crippen LogP contribution in [0.5, 0.6) is 0 Å². The second-order valence-electron chi connectivity index (χ2n) is 5.42. The highest BCUT2D eigenvalue weighted by Gasteiger charge is 2.23. The number of nitrogens with one attached hydrogen (secondary N) is 2. The molecule has 3 rings (SSSR count). The van der Waals surface area contributed by atoms with Crippen molar-refractivity contribution < 1.29 is 27.5 Å². The van der Waals surface area contributed by atoms with Gasteiger partial charge in [0.2, 0.25) is 0 Å². The Morgan fingerprint density at radius 3 is 2.44 bits per heavy atom. The molecule has 27 heavy (non-hydrogen) atoms. The molecule has 0 spiro atoms. The summed E-state index contributed by atoms with van der Waals surface area (Å²) in [6.07, 6.45) is 0. The molecule has 9 nitrogen and oxygen atoms in total. The molecule has 0 bridgehead atoms. The predicted molar refractivity (Wildman–Crippen MR) is 96.0 cm³/mol. The molecule has 10 heteroatoms. The zero-order chi connectivity index (χ0) is 19.6. The van der Waals surface area contributed by atoms with E-state index in [-0.39, 0.29) is 21.8 Å². The Kier molecular flexibility index (Phi) is 4.82. The van der Waals surface area contributed by atoms with Gasteiger partial charge in [-0.05, 0) is 30.3 Å². The average molecular weight is 389 g/mol. The van der Waals surface area contributed by atoms with Gasteiger partial charge in [0.15, 0.2) is 5.69 Å². The van der Waals surface area contributed by atoms with Crippen molar-refractivity contribution in [2.24, 2.45) is 0 Å². The van der Waals surface area contributed by atoms with Gasteiger partial charge in [-0.2, -0.15) is 5.10 Å². The fourth-order valence-corrected chi connectivity index (χ4v) is 3.77. The summed E-state index contributed by atoms with van der Waals surface area (Å²) in [7, 11) is -1.70. The van der Waals surface area contributed by atoms with E-state index in [4.69, 9.17) is 0 Å². The Bertz CT molecular complexity index is 1140. The summed E-state index contributed by atoms with van der Waals surface area (Å²) in [5.41, 5.74) is 0.665. The van der Waals surface area contributed by atoms with Crippen molar-refractivity contribution in [3.05, 3.63) is 53.7 Å². The number of benzene rings is 2. The summed E-state index contributed by atoms with van der Waals surface area (Å²) in [6, 6.07) is 10.2. The van der Waals surface area contributed by atoms with Gasteiger partial charge < -0.3 is 9.47 Å². The van der Waals surface area contributed by atoms with Gasteiger partial charge in [-0.25, -0.2) is 18.0 Å². The van der Waals surface area contributed by atoms with E-state index in [9.17, 15) is 18.0 Å². The molecule has 0 aliphatic heterocycles. The van der Waals surface area contributed by atoms with Crippen LogP contribution in [0.3, 0.4) is 0 Å². The van der Waals surface area contributed by atoms with Crippen molar-refractivity contribution in [3.63, 3.8) is 0 Å². The van der Waals surface area contributed by atoms with Gasteiger partial charge in [-0.1, -0.05) is 12.1 Å². The number of nitrogens with zero attached hydrogens (tertiary/aromatic N) is 1. The number of anilines is 1. The summed E-state index contributed by atoms with van der Waals surface area (Å²) >= 11 is 0. The lowest BCUT2D eigenvalue weighted by Gasteiger charge is -2.11. The first-order chi connectivity index (χ1) is 12.9. The van der Waals surface area contributed by atoms with Crippen LogP contribution < -0.4 is 4.72 Å². The monoisotopic (exact) mass is 389 g/mol. The maximum Gasteiger partial charge on any atom is 0.359 e. The molecule has 0 aliphatic rings. The first-order valence-electron chi connectivity index (χ1n) is 7.64. The molecule has 140 valence electrons. The molecule has 0 radical (unpaired) electrons. The normalized spacial score (nSPS) is 11.2. The summed E-state index contributed by atoms with van der Waals surface area (Å²) in [6.45, 7) is 0. The molecule has 0 saturated heterocycles. The molecule has 0 atom stereocenters. The van der Waals surface area contributed by atoms with Crippen LogP contribution in [0.2, 0.25) is 0 Å². The van der Waals surface area contributed by atoms with E-state index < -0.39 is 22.0 Å². The minimum atomic E-state index is -4.09. The number of rotatable bonds is 5. The second kappa shape index (κ2) is 7.08. The highest BCUT2D eigenvalue weighted by Crippen LogP contribution is 2.25. The number of sulfonamides is 1. The predicted octanol–water partition coefficient (Wildman–Crippen LogP) is 1.94. The third-order valence-corrected chi connectivity index (χ3v) is 5.22. The van der Waals surface area contributed by atoms with Crippen molar-refractivity contribution in [3.8, 4) is 0 Å². The van der Waals surface area contributed by atoms with Crippen LogP contribution in [0.1, 0.15) is 20.8 Å². The zero-order valence-corrected chi connectivity index (χ0v) is 15.2. The molecule has 2 N–H and O–H groups in total. The van der Waals surface area contributed by atoms with Gasteiger partial charge in [0.1, 0.15) is 4.90 Å². The molecule has 0 fully saturated rings. The summed E-state index contributed by atoms with van der Waals surface area (Å²) < 4.78 is 37.2. The lowest BCUT2D eigenvalue weighted by molar-refractivity contribution is 0.0587. The first-order valence-corrected chi connectivity index (χ1v) is 9.12. The lowest BCUT2D eigenvalue weighted by Crippen LogP contribution is -2.17. The number of esters is 2. The number of fused-ring (bicyclic) bond motifs is 1. The van der Waals surface area contributed by atoms with Crippen molar-refractivity contribution in [2.75, 3.05) is 18.9 Å². The summed E-state index contributed by atoms with van der Waals surface area (Å²) in [5, 5.41) is 6.93. The number of aromatic nitrogens is 2. The Hall–Kier alpha value is -3.40. The highest BCUT2D eigenvalue weighted by molar-refractivity contribution is 7.92. The third kappa shape index (κ3) is 3.47. The molecule has 0 saturated carbocycles. The Morgan fingerprint density at radius 2 is 1.74 bits per heavy atom. The third-order valence-electron chi connectivity index (χ3n) is 3.78. The molecule has 0 unspecified atom stereocenters. The second-order valence-corrected chi connectivity index (χ2v) is 7.07. The Balaban J connectivity index is 2.02. The Labute approximate surface area is 154 Å². The quantitative estimate of drug-likeness (QED) is 0.638. The smallest absolute Gasteiger partial charge is 0.359 e. The number of ether oxygens (including phenoxy) is 2. The van der Waals surface area contributed by atoms with Gasteiger partial charge in [0.05, 0.1) is 25.3 Å². The highest BCUT2D eigenvalue weighted by atomic mass is 32.2. The van der Waals surface area contributed by atoms with E-state index >= 15 is 0 Å². The van der Waals surface area contributed by atoms with E-state index in [0.717, 1.165) is 0 Å². The van der Waals surface area contributed by atoms with Crippen LogP contribution in [0.4, 0.5) is 5.69 Å². The van der Waals surface area contributed by atoms with Gasteiger partial charge in [0.25, 0.3) is 10.0 Å². The van der Waals surface area contributed by atoms with E-state index in [1.54, 1.807) is 6.07 Å². The van der Waals surface area contributed by atoms with Gasteiger partial charge in [-0.3, -0.25) is 9.82 Å². The largest absolute Gasteiger partial charge is 0.465 e. The SMILES string of the molecule is COC(=O)c1ccccc1S(=O)(=O)Nc1ccc2[nH]nc(C(=O)OC)c2c1. The van der Waals surface area contributed by atoms with Crippen molar-refractivity contribution >= 4 is 38.6 Å². The van der Waals surface area contributed by atoms with E-state index in [0.29, 0.717) is 10.9 Å². The van der Waals surface area contributed by atoms with Gasteiger partial charge in [0, 0.05) is 11.1 Å². The van der Waals surface area contributed by atoms with Crippen LogP contribution in [-0.4, -0.2) is 44.8 Å². The van der Waals surface area contributed by atoms with Crippen LogP contribution >= 0.6 is 0 Å². The fraction of sp³-hybridized carbons (Fsp3) is 0.118. The molecule has 1 aromatic heterocycles. The van der Waals surface area contributed by atoms with Crippen molar-refractivity contribution in [2.45, 2.75) is 4.90 Å². The molecular formula is C17H15N3O6S. The van der Waals surface area contributed by atoms with Crippen LogP contribution in [-0.2, 0) is 19.5 Å². The number of H-pyrrole nitrogens is 1. The molecule has 0 amide bonds. The molecule has 2 aromatic carbocycles. The van der Waals surface area contributed by atoms with Crippen molar-refractivity contribution in [1.82, 2.24) is 10.2 Å². The number of methoxy groups -OCH3 is 2. The lowest BCUT2D eigenvalue weighted by atomic mass is 10.2. The zero-order valence-electron chi connectivity index (χ0n) is 14.3. The average Bonchev–Trinajstić information content (AvgIpc) is 3.09. The summed E-state index contributed by atoms with van der Waals surface area (Å²) in [4.78, 5) is 23.4.